The number of hydrogen-bond acceptors (Lipinski definition) is 4. The average Bonchev–Trinajstić information content (AvgIpc) is 2.68. The van der Waals surface area contributed by atoms with E-state index in [0.717, 1.165) is 22.3 Å². The van der Waals surface area contributed by atoms with Crippen LogP contribution in [0.1, 0.15) is 105 Å². The zero-order valence-corrected chi connectivity index (χ0v) is 24.0. The fraction of sp³-hybridized carbons (Fsp3) is 0.500. The zero-order chi connectivity index (χ0) is 27.8. The Bertz CT molecular complexity index is 1220. The summed E-state index contributed by atoms with van der Waals surface area (Å²) in [6.07, 6.45) is 0. The molecule has 0 heterocycles. The quantitative estimate of drug-likeness (QED) is 0.372. The smallest absolute Gasteiger partial charge is 0.234 e. The van der Waals surface area contributed by atoms with Gasteiger partial charge >= 0.3 is 0 Å². The van der Waals surface area contributed by atoms with Crippen LogP contribution in [0.5, 0.6) is 11.5 Å². The summed E-state index contributed by atoms with van der Waals surface area (Å²) in [5.41, 5.74) is 2.49. The highest BCUT2D eigenvalue weighted by atomic mass is 16.3. The third-order valence-electron chi connectivity index (χ3n) is 6.94. The summed E-state index contributed by atoms with van der Waals surface area (Å²) in [6.45, 7) is 24.2. The maximum Gasteiger partial charge on any atom is 0.234 e. The molecule has 0 bridgehead atoms. The third-order valence-corrected chi connectivity index (χ3v) is 6.94. The first-order valence-electron chi connectivity index (χ1n) is 12.7. The van der Waals surface area contributed by atoms with E-state index in [0.29, 0.717) is 22.3 Å². The second-order valence-corrected chi connectivity index (χ2v) is 14.2. The molecule has 3 aromatic carbocycles. The first-order valence-corrected chi connectivity index (χ1v) is 12.7. The molecule has 0 atom stereocenters. The summed E-state index contributed by atoms with van der Waals surface area (Å²) < 4.78 is 0. The van der Waals surface area contributed by atoms with E-state index in [1.165, 1.54) is 0 Å². The van der Waals surface area contributed by atoms with Crippen molar-refractivity contribution < 1.29 is 10.2 Å². The molecule has 3 aromatic rings. The minimum atomic E-state index is -0.516. The zero-order valence-electron chi connectivity index (χ0n) is 24.0. The van der Waals surface area contributed by atoms with Gasteiger partial charge < -0.3 is 10.2 Å². The van der Waals surface area contributed by atoms with Crippen LogP contribution in [0.3, 0.4) is 0 Å². The van der Waals surface area contributed by atoms with Gasteiger partial charge in [0.2, 0.25) is 10.9 Å². The van der Waals surface area contributed by atoms with E-state index >= 15 is 0 Å². The van der Waals surface area contributed by atoms with Crippen molar-refractivity contribution in [2.45, 2.75) is 105 Å². The molecular formula is C32H42O4. The molecule has 2 N–H and O–H groups in total. The molecule has 4 heteroatoms. The van der Waals surface area contributed by atoms with Crippen molar-refractivity contribution in [1.82, 2.24) is 0 Å². The van der Waals surface area contributed by atoms with Gasteiger partial charge in [0.05, 0.1) is 0 Å². The van der Waals surface area contributed by atoms with Gasteiger partial charge in [-0.15, -0.1) is 0 Å². The average molecular weight is 491 g/mol. The van der Waals surface area contributed by atoms with Crippen LogP contribution >= 0.6 is 0 Å². The number of phenolic OH excluding ortho intramolecular Hbond substituents is 2. The normalized spacial score (nSPS) is 13.4. The van der Waals surface area contributed by atoms with E-state index in [1.807, 2.05) is 107 Å². The molecule has 0 saturated heterocycles. The second-order valence-electron chi connectivity index (χ2n) is 14.2. The van der Waals surface area contributed by atoms with Crippen molar-refractivity contribution in [1.29, 1.82) is 0 Å². The lowest BCUT2D eigenvalue weighted by Crippen LogP contribution is -2.35. The molecule has 0 aliphatic rings. The predicted octanol–water partition coefficient (Wildman–Crippen LogP) is 7.22. The summed E-state index contributed by atoms with van der Waals surface area (Å²) >= 11 is 0. The van der Waals surface area contributed by atoms with Gasteiger partial charge in [0.15, 0.2) is 0 Å². The minimum Gasteiger partial charge on any atom is -0.507 e. The number of aromatic hydroxyl groups is 2. The molecule has 36 heavy (non-hydrogen) atoms. The topological polar surface area (TPSA) is 74.6 Å². The molecule has 0 spiro atoms. The van der Waals surface area contributed by atoms with E-state index in [-0.39, 0.29) is 33.2 Å². The number of hydrogen-bond donors (Lipinski definition) is 2. The fourth-order valence-corrected chi connectivity index (χ4v) is 4.79. The van der Waals surface area contributed by atoms with Gasteiger partial charge in [-0.3, -0.25) is 9.59 Å². The van der Waals surface area contributed by atoms with Crippen LogP contribution in [0, 0.1) is 0 Å². The van der Waals surface area contributed by atoms with E-state index in [1.54, 1.807) is 0 Å². The molecule has 194 valence electrons. The highest BCUT2D eigenvalue weighted by molar-refractivity contribution is 5.89. The Morgan fingerprint density at radius 2 is 0.639 bits per heavy atom. The molecule has 0 aliphatic heterocycles. The fourth-order valence-electron chi connectivity index (χ4n) is 4.79. The molecule has 0 unspecified atom stereocenters. The first kappa shape index (κ1) is 27.7. The van der Waals surface area contributed by atoms with Crippen LogP contribution < -0.4 is 10.9 Å². The standard InChI is InChI=1S/C32H42O4/c1-29(2,3)19-13-17(14-20(25(19)33)30(4,5)6)23-24(28(36)27(23)35)18-15-21(31(7,8)9)26(34)22(16-18)32(10,11)12/h13-16,33-34H,1-12H3. The van der Waals surface area contributed by atoms with Crippen LogP contribution in [0.15, 0.2) is 33.9 Å². The van der Waals surface area contributed by atoms with Crippen LogP contribution in [-0.4, -0.2) is 10.2 Å². The van der Waals surface area contributed by atoms with Crippen molar-refractivity contribution in [2.24, 2.45) is 0 Å². The highest BCUT2D eigenvalue weighted by Crippen LogP contribution is 2.45. The van der Waals surface area contributed by atoms with Gasteiger partial charge in [0.25, 0.3) is 0 Å². The number of benzene rings is 2. The Kier molecular flexibility index (Phi) is 6.41. The van der Waals surface area contributed by atoms with Crippen LogP contribution in [0.25, 0.3) is 22.3 Å². The van der Waals surface area contributed by atoms with E-state index < -0.39 is 10.9 Å². The minimum absolute atomic E-state index is 0.230. The van der Waals surface area contributed by atoms with Crippen molar-refractivity contribution >= 4 is 0 Å². The van der Waals surface area contributed by atoms with Crippen LogP contribution in [0.4, 0.5) is 0 Å². The summed E-state index contributed by atoms with van der Waals surface area (Å²) in [5.74, 6) is 0.461. The van der Waals surface area contributed by atoms with Gasteiger partial charge in [-0.25, -0.2) is 0 Å². The molecule has 3 rings (SSSR count). The molecule has 4 nitrogen and oxygen atoms in total. The largest absolute Gasteiger partial charge is 0.507 e. The monoisotopic (exact) mass is 490 g/mol. The number of rotatable bonds is 2. The lowest BCUT2D eigenvalue weighted by atomic mass is 9.75. The summed E-state index contributed by atoms with van der Waals surface area (Å²) in [4.78, 5) is 26.1. The maximum absolute atomic E-state index is 13.1. The Morgan fingerprint density at radius 3 is 0.806 bits per heavy atom. The number of phenols is 2. The second kappa shape index (κ2) is 8.33. The van der Waals surface area contributed by atoms with Gasteiger partial charge in [-0.05, 0) is 57.1 Å². The van der Waals surface area contributed by atoms with E-state index in [4.69, 9.17) is 0 Å². The summed E-state index contributed by atoms with van der Waals surface area (Å²) in [7, 11) is 0. The van der Waals surface area contributed by atoms with E-state index in [9.17, 15) is 19.8 Å². The first-order chi connectivity index (χ1) is 16.1. The van der Waals surface area contributed by atoms with Gasteiger partial charge in [-0.2, -0.15) is 0 Å². The van der Waals surface area contributed by atoms with Gasteiger partial charge in [0, 0.05) is 33.4 Å². The lowest BCUT2D eigenvalue weighted by molar-refractivity contribution is 0.422. The van der Waals surface area contributed by atoms with Crippen LogP contribution in [-0.2, 0) is 21.7 Å². The Labute approximate surface area is 215 Å². The van der Waals surface area contributed by atoms with Crippen molar-refractivity contribution in [2.75, 3.05) is 0 Å². The van der Waals surface area contributed by atoms with Crippen LogP contribution in [0.2, 0.25) is 0 Å². The van der Waals surface area contributed by atoms with Crippen molar-refractivity contribution in [3.63, 3.8) is 0 Å². The van der Waals surface area contributed by atoms with E-state index in [2.05, 4.69) is 0 Å². The molecule has 0 saturated carbocycles. The Morgan fingerprint density at radius 1 is 0.444 bits per heavy atom. The van der Waals surface area contributed by atoms with Gasteiger partial charge in [0.1, 0.15) is 11.5 Å². The van der Waals surface area contributed by atoms with Crippen molar-refractivity contribution in [3.05, 3.63) is 67.0 Å². The molecular weight excluding hydrogens is 448 g/mol. The lowest BCUT2D eigenvalue weighted by Gasteiger charge is -2.30. The molecule has 0 aromatic heterocycles. The predicted molar refractivity (Wildman–Crippen MR) is 150 cm³/mol. The molecule has 0 radical (unpaired) electrons. The van der Waals surface area contributed by atoms with Gasteiger partial charge in [-0.1, -0.05) is 83.1 Å². The SMILES string of the molecule is CC(C)(C)c1cc(-c2c(-c3cc(C(C)(C)C)c(O)c(C(C)(C)C)c3)c(=O)c2=O)cc(C(C)(C)C)c1O. The Hall–Kier alpha value is -2.88. The molecule has 0 amide bonds. The Balaban J connectivity index is 2.43. The maximum atomic E-state index is 13.1. The summed E-state index contributed by atoms with van der Waals surface area (Å²) in [6, 6.07) is 7.39. The summed E-state index contributed by atoms with van der Waals surface area (Å²) in [5, 5.41) is 22.3. The molecule has 0 fully saturated rings. The highest BCUT2D eigenvalue weighted by Gasteiger charge is 2.33. The third kappa shape index (κ3) is 4.75. The molecule has 0 aliphatic carbocycles. The van der Waals surface area contributed by atoms with Crippen molar-refractivity contribution in [3.8, 4) is 33.8 Å².